The SMILES string of the molecule is CCOC(=O)c1cccc(S(=O)(=O)Nc2ccc(C)cc2)c1. The fraction of sp³-hybridized carbons (Fsp3) is 0.188. The van der Waals surface area contributed by atoms with Gasteiger partial charge in [0.1, 0.15) is 0 Å². The lowest BCUT2D eigenvalue weighted by molar-refractivity contribution is 0.0526. The molecule has 0 aromatic heterocycles. The summed E-state index contributed by atoms with van der Waals surface area (Å²) < 4.78 is 32.1. The number of hydrogen-bond donors (Lipinski definition) is 1. The minimum absolute atomic E-state index is 0.0126. The van der Waals surface area contributed by atoms with Crippen LogP contribution in [0.15, 0.2) is 53.4 Å². The summed E-state index contributed by atoms with van der Waals surface area (Å²) in [5.74, 6) is -0.546. The topological polar surface area (TPSA) is 72.5 Å². The van der Waals surface area contributed by atoms with E-state index in [4.69, 9.17) is 4.74 Å². The van der Waals surface area contributed by atoms with Gasteiger partial charge in [0.2, 0.25) is 0 Å². The van der Waals surface area contributed by atoms with Gasteiger partial charge in [-0.1, -0.05) is 23.8 Å². The van der Waals surface area contributed by atoms with Crippen molar-refractivity contribution in [2.75, 3.05) is 11.3 Å². The first-order chi connectivity index (χ1) is 10.4. The molecule has 0 saturated heterocycles. The highest BCUT2D eigenvalue weighted by Gasteiger charge is 2.16. The lowest BCUT2D eigenvalue weighted by Gasteiger charge is -2.09. The number of ether oxygens (including phenoxy) is 1. The van der Waals surface area contributed by atoms with Gasteiger partial charge in [-0.05, 0) is 44.2 Å². The van der Waals surface area contributed by atoms with Crippen LogP contribution in [0.25, 0.3) is 0 Å². The highest BCUT2D eigenvalue weighted by Crippen LogP contribution is 2.18. The molecule has 2 rings (SSSR count). The summed E-state index contributed by atoms with van der Waals surface area (Å²) in [6.45, 7) is 3.84. The lowest BCUT2D eigenvalue weighted by Crippen LogP contribution is -2.14. The van der Waals surface area contributed by atoms with Gasteiger partial charge in [-0.25, -0.2) is 13.2 Å². The number of aryl methyl sites for hydroxylation is 1. The van der Waals surface area contributed by atoms with Gasteiger partial charge in [0.05, 0.1) is 17.1 Å². The predicted molar refractivity (Wildman–Crippen MR) is 84.4 cm³/mol. The van der Waals surface area contributed by atoms with Gasteiger partial charge < -0.3 is 4.74 Å². The average molecular weight is 319 g/mol. The van der Waals surface area contributed by atoms with Crippen molar-refractivity contribution in [3.63, 3.8) is 0 Å². The minimum Gasteiger partial charge on any atom is -0.462 e. The van der Waals surface area contributed by atoms with Crippen LogP contribution in [0.5, 0.6) is 0 Å². The van der Waals surface area contributed by atoms with E-state index in [1.807, 2.05) is 19.1 Å². The van der Waals surface area contributed by atoms with Crippen molar-refractivity contribution in [3.05, 3.63) is 59.7 Å². The number of anilines is 1. The summed E-state index contributed by atoms with van der Waals surface area (Å²) in [5.41, 5.74) is 1.70. The molecule has 0 amide bonds. The number of benzene rings is 2. The summed E-state index contributed by atoms with van der Waals surface area (Å²) >= 11 is 0. The van der Waals surface area contributed by atoms with Gasteiger partial charge >= 0.3 is 5.97 Å². The van der Waals surface area contributed by atoms with E-state index in [9.17, 15) is 13.2 Å². The fourth-order valence-corrected chi connectivity index (χ4v) is 2.94. The second-order valence-corrected chi connectivity index (χ2v) is 6.40. The largest absolute Gasteiger partial charge is 0.462 e. The van der Waals surface area contributed by atoms with Crippen LogP contribution in [-0.4, -0.2) is 21.0 Å². The molecule has 2 aromatic rings. The molecule has 5 nitrogen and oxygen atoms in total. The summed E-state index contributed by atoms with van der Waals surface area (Å²) in [6.07, 6.45) is 0. The normalized spacial score (nSPS) is 11.0. The summed E-state index contributed by atoms with van der Waals surface area (Å²) in [6, 6.07) is 12.7. The smallest absolute Gasteiger partial charge is 0.338 e. The Balaban J connectivity index is 2.27. The van der Waals surface area contributed by atoms with E-state index in [1.165, 1.54) is 24.3 Å². The van der Waals surface area contributed by atoms with Gasteiger partial charge in [0.15, 0.2) is 0 Å². The number of carbonyl (C=O) groups excluding carboxylic acids is 1. The standard InChI is InChI=1S/C16H17NO4S/c1-3-21-16(18)13-5-4-6-15(11-13)22(19,20)17-14-9-7-12(2)8-10-14/h4-11,17H,3H2,1-2H3. The van der Waals surface area contributed by atoms with Crippen molar-refractivity contribution in [1.82, 2.24) is 0 Å². The molecule has 0 radical (unpaired) electrons. The van der Waals surface area contributed by atoms with Crippen molar-refractivity contribution < 1.29 is 17.9 Å². The molecule has 0 atom stereocenters. The second-order valence-electron chi connectivity index (χ2n) is 4.72. The zero-order chi connectivity index (χ0) is 16.2. The van der Waals surface area contributed by atoms with E-state index in [0.29, 0.717) is 5.69 Å². The molecule has 22 heavy (non-hydrogen) atoms. The van der Waals surface area contributed by atoms with Crippen molar-refractivity contribution >= 4 is 21.7 Å². The van der Waals surface area contributed by atoms with Crippen molar-refractivity contribution in [2.45, 2.75) is 18.7 Å². The summed E-state index contributed by atoms with van der Waals surface area (Å²) in [4.78, 5) is 11.7. The highest BCUT2D eigenvalue weighted by molar-refractivity contribution is 7.92. The van der Waals surface area contributed by atoms with Gasteiger partial charge in [-0.15, -0.1) is 0 Å². The van der Waals surface area contributed by atoms with Crippen LogP contribution in [0.4, 0.5) is 5.69 Å². The molecule has 6 heteroatoms. The van der Waals surface area contributed by atoms with Crippen molar-refractivity contribution in [3.8, 4) is 0 Å². The predicted octanol–water partition coefficient (Wildman–Crippen LogP) is 2.97. The highest BCUT2D eigenvalue weighted by atomic mass is 32.2. The van der Waals surface area contributed by atoms with E-state index in [1.54, 1.807) is 19.1 Å². The Morgan fingerprint density at radius 2 is 1.82 bits per heavy atom. The Bertz CT molecular complexity index is 767. The van der Waals surface area contributed by atoms with Crippen LogP contribution in [0.2, 0.25) is 0 Å². The van der Waals surface area contributed by atoms with E-state index in [-0.39, 0.29) is 17.1 Å². The van der Waals surface area contributed by atoms with E-state index < -0.39 is 16.0 Å². The zero-order valence-electron chi connectivity index (χ0n) is 12.4. The Kier molecular flexibility index (Phi) is 4.82. The van der Waals surface area contributed by atoms with Gasteiger partial charge in [-0.3, -0.25) is 4.72 Å². The first-order valence-electron chi connectivity index (χ1n) is 6.79. The first kappa shape index (κ1) is 16.0. The average Bonchev–Trinajstić information content (AvgIpc) is 2.50. The quantitative estimate of drug-likeness (QED) is 0.860. The molecule has 0 aliphatic rings. The summed E-state index contributed by atoms with van der Waals surface area (Å²) in [7, 11) is -3.75. The second kappa shape index (κ2) is 6.62. The Morgan fingerprint density at radius 1 is 1.14 bits per heavy atom. The molecular formula is C16H17NO4S. The fourth-order valence-electron chi connectivity index (χ4n) is 1.84. The lowest BCUT2D eigenvalue weighted by atomic mass is 10.2. The van der Waals surface area contributed by atoms with E-state index in [2.05, 4.69) is 4.72 Å². The number of nitrogens with one attached hydrogen (secondary N) is 1. The number of carbonyl (C=O) groups is 1. The molecule has 0 fully saturated rings. The molecule has 116 valence electrons. The first-order valence-corrected chi connectivity index (χ1v) is 8.27. The minimum atomic E-state index is -3.75. The molecule has 0 heterocycles. The van der Waals surface area contributed by atoms with Crippen molar-refractivity contribution in [1.29, 1.82) is 0 Å². The third-order valence-corrected chi connectivity index (χ3v) is 4.34. The van der Waals surface area contributed by atoms with Crippen LogP contribution in [0.1, 0.15) is 22.8 Å². The van der Waals surface area contributed by atoms with Crippen LogP contribution in [0, 0.1) is 6.92 Å². The molecule has 0 aliphatic heterocycles. The number of rotatable bonds is 5. The van der Waals surface area contributed by atoms with Gasteiger partial charge in [0.25, 0.3) is 10.0 Å². The summed E-state index contributed by atoms with van der Waals surface area (Å²) in [5, 5.41) is 0. The zero-order valence-corrected chi connectivity index (χ0v) is 13.2. The number of esters is 1. The maximum Gasteiger partial charge on any atom is 0.338 e. The van der Waals surface area contributed by atoms with E-state index >= 15 is 0 Å². The third kappa shape index (κ3) is 3.85. The maximum atomic E-state index is 12.4. The van der Waals surface area contributed by atoms with E-state index in [0.717, 1.165) is 5.56 Å². The Morgan fingerprint density at radius 3 is 2.45 bits per heavy atom. The maximum absolute atomic E-state index is 12.4. The molecule has 0 spiro atoms. The van der Waals surface area contributed by atoms with Gasteiger partial charge in [-0.2, -0.15) is 0 Å². The molecule has 0 aliphatic carbocycles. The van der Waals surface area contributed by atoms with Crippen LogP contribution < -0.4 is 4.72 Å². The molecule has 0 bridgehead atoms. The van der Waals surface area contributed by atoms with Crippen LogP contribution in [0.3, 0.4) is 0 Å². The van der Waals surface area contributed by atoms with Gasteiger partial charge in [0, 0.05) is 5.69 Å². The van der Waals surface area contributed by atoms with Crippen LogP contribution >= 0.6 is 0 Å². The molecule has 2 aromatic carbocycles. The van der Waals surface area contributed by atoms with Crippen LogP contribution in [-0.2, 0) is 14.8 Å². The number of hydrogen-bond acceptors (Lipinski definition) is 4. The molecular weight excluding hydrogens is 302 g/mol. The van der Waals surface area contributed by atoms with Crippen molar-refractivity contribution in [2.24, 2.45) is 0 Å². The molecule has 1 N–H and O–H groups in total. The Hall–Kier alpha value is -2.34. The molecule has 0 saturated carbocycles. The third-order valence-electron chi connectivity index (χ3n) is 2.96. The molecule has 0 unspecified atom stereocenters. The Labute approximate surface area is 130 Å². The number of sulfonamides is 1. The monoisotopic (exact) mass is 319 g/mol.